The van der Waals surface area contributed by atoms with Crippen LogP contribution in [-0.2, 0) is 26.9 Å². The van der Waals surface area contributed by atoms with Crippen molar-refractivity contribution in [2.45, 2.75) is 54.0 Å². The molecule has 0 radical (unpaired) electrons. The lowest BCUT2D eigenvalue weighted by Gasteiger charge is -2.13. The Hall–Kier alpha value is -3.46. The SMILES string of the molecule is CC(C)S(=O)(=O)c1ncc(-c2cc(S(=O)(=O)NC3(C#N)CC3)cc3c(-c4nnc(C(F)F)s4)nn(C)c23)cn1. The van der Waals surface area contributed by atoms with Crippen molar-refractivity contribution in [1.29, 1.82) is 5.26 Å². The number of nitriles is 1. The summed E-state index contributed by atoms with van der Waals surface area (Å²) in [5, 5.41) is 19.8. The lowest BCUT2D eigenvalue weighted by Crippen LogP contribution is -2.35. The highest BCUT2D eigenvalue weighted by Gasteiger charge is 2.47. The predicted molar refractivity (Wildman–Crippen MR) is 136 cm³/mol. The minimum absolute atomic E-state index is 0.0506. The van der Waals surface area contributed by atoms with E-state index in [1.54, 1.807) is 7.05 Å². The first-order valence-corrected chi connectivity index (χ1v) is 15.3. The van der Waals surface area contributed by atoms with Gasteiger partial charge in [0.25, 0.3) is 6.43 Å². The molecule has 1 aliphatic carbocycles. The maximum Gasteiger partial charge on any atom is 0.291 e. The van der Waals surface area contributed by atoms with Crippen molar-refractivity contribution in [3.05, 3.63) is 29.5 Å². The summed E-state index contributed by atoms with van der Waals surface area (Å²) in [5.74, 6) is 0. The van der Waals surface area contributed by atoms with Gasteiger partial charge in [-0.05, 0) is 38.8 Å². The normalized spacial score (nSPS) is 15.2. The third-order valence-corrected chi connectivity index (χ3v) is 10.6. The van der Waals surface area contributed by atoms with Crippen LogP contribution in [0.1, 0.15) is 38.1 Å². The molecule has 0 aliphatic heterocycles. The van der Waals surface area contributed by atoms with Crippen LogP contribution in [0, 0.1) is 11.3 Å². The Morgan fingerprint density at radius 1 is 1.13 bits per heavy atom. The van der Waals surface area contributed by atoms with Gasteiger partial charge in [-0.1, -0.05) is 11.3 Å². The van der Waals surface area contributed by atoms with Crippen molar-refractivity contribution in [2.24, 2.45) is 7.05 Å². The van der Waals surface area contributed by atoms with E-state index in [4.69, 9.17) is 0 Å². The molecule has 0 saturated heterocycles. The van der Waals surface area contributed by atoms with Crippen LogP contribution in [0.4, 0.5) is 8.78 Å². The zero-order valence-corrected chi connectivity index (χ0v) is 23.1. The fourth-order valence-electron chi connectivity index (χ4n) is 3.83. The number of halogens is 2. The molecule has 0 amide bonds. The van der Waals surface area contributed by atoms with E-state index in [0.29, 0.717) is 29.7 Å². The minimum atomic E-state index is -4.23. The molecule has 1 aliphatic rings. The number of hydrogen-bond acceptors (Lipinski definition) is 11. The van der Waals surface area contributed by atoms with Crippen molar-refractivity contribution in [2.75, 3.05) is 0 Å². The Kier molecular flexibility index (Phi) is 6.49. The van der Waals surface area contributed by atoms with E-state index < -0.39 is 42.1 Å². The third kappa shape index (κ3) is 4.77. The summed E-state index contributed by atoms with van der Waals surface area (Å²) in [6, 6.07) is 4.63. The summed E-state index contributed by atoms with van der Waals surface area (Å²) in [6.45, 7) is 2.99. The molecule has 12 nitrogen and oxygen atoms in total. The van der Waals surface area contributed by atoms with Crippen molar-refractivity contribution >= 4 is 42.1 Å². The summed E-state index contributed by atoms with van der Waals surface area (Å²) in [7, 11) is -6.42. The van der Waals surface area contributed by atoms with Crippen LogP contribution in [0.25, 0.3) is 32.7 Å². The number of sulfone groups is 1. The van der Waals surface area contributed by atoms with Gasteiger partial charge in [0.05, 0.1) is 21.7 Å². The minimum Gasteiger partial charge on any atom is -0.267 e. The largest absolute Gasteiger partial charge is 0.291 e. The molecule has 17 heteroatoms. The fraction of sp³-hybridized carbons (Fsp3) is 0.364. The average Bonchev–Trinajstić information content (AvgIpc) is 3.31. The molecule has 3 aromatic heterocycles. The van der Waals surface area contributed by atoms with Crippen LogP contribution in [0.2, 0.25) is 0 Å². The number of fused-ring (bicyclic) bond motifs is 1. The molecule has 0 bridgehead atoms. The van der Waals surface area contributed by atoms with E-state index in [2.05, 4.69) is 30.0 Å². The number of sulfonamides is 1. The first-order valence-electron chi connectivity index (χ1n) is 11.4. The van der Waals surface area contributed by atoms with Gasteiger partial charge in [0.2, 0.25) is 25.0 Å². The zero-order valence-electron chi connectivity index (χ0n) is 20.6. The lowest BCUT2D eigenvalue weighted by atomic mass is 10.0. The molecular formula is C22H20F2N8O4S3. The highest BCUT2D eigenvalue weighted by molar-refractivity contribution is 7.91. The van der Waals surface area contributed by atoms with Crippen molar-refractivity contribution in [3.63, 3.8) is 0 Å². The van der Waals surface area contributed by atoms with E-state index in [0.717, 1.165) is 0 Å². The van der Waals surface area contributed by atoms with E-state index in [-0.39, 0.29) is 37.3 Å². The van der Waals surface area contributed by atoms with Crippen molar-refractivity contribution < 1.29 is 25.6 Å². The second kappa shape index (κ2) is 9.33. The van der Waals surface area contributed by atoms with Crippen LogP contribution < -0.4 is 4.72 Å². The van der Waals surface area contributed by atoms with Gasteiger partial charge in [0.1, 0.15) is 11.2 Å². The monoisotopic (exact) mass is 594 g/mol. The van der Waals surface area contributed by atoms with Crippen LogP contribution in [-0.4, -0.2) is 57.6 Å². The highest BCUT2D eigenvalue weighted by Crippen LogP contribution is 2.40. The standard InChI is InChI=1S/C22H20F2N8O4S3/c1-11(2)38(33,34)21-26-8-12(9-27-21)14-6-13(39(35,36)31-22(10-25)4-5-22)7-15-16(30-32(3)17(14)15)19-28-29-20(37-19)18(23)24/h6-9,11,18,31H,4-5H2,1-3H3. The summed E-state index contributed by atoms with van der Waals surface area (Å²) >= 11 is 0.621. The Morgan fingerprint density at radius 3 is 2.33 bits per heavy atom. The molecule has 204 valence electrons. The second-order valence-corrected chi connectivity index (χ2v) is 14.3. The number of rotatable bonds is 8. The lowest BCUT2D eigenvalue weighted by molar-refractivity contribution is 0.150. The van der Waals surface area contributed by atoms with Crippen LogP contribution in [0.3, 0.4) is 0 Å². The van der Waals surface area contributed by atoms with Gasteiger partial charge in [-0.15, -0.1) is 10.2 Å². The molecule has 3 heterocycles. The van der Waals surface area contributed by atoms with E-state index in [1.807, 2.05) is 6.07 Å². The quantitative estimate of drug-likeness (QED) is 0.299. The van der Waals surface area contributed by atoms with Gasteiger partial charge in [-0.3, -0.25) is 4.68 Å². The van der Waals surface area contributed by atoms with E-state index >= 15 is 0 Å². The molecule has 1 aromatic carbocycles. The Balaban J connectivity index is 1.74. The smallest absolute Gasteiger partial charge is 0.267 e. The molecule has 1 N–H and O–H groups in total. The Bertz CT molecular complexity index is 1860. The number of benzene rings is 1. The molecule has 5 rings (SSSR count). The van der Waals surface area contributed by atoms with Crippen molar-refractivity contribution in [1.82, 2.24) is 34.7 Å². The molecule has 1 saturated carbocycles. The maximum atomic E-state index is 13.4. The van der Waals surface area contributed by atoms with Crippen LogP contribution in [0.15, 0.2) is 34.6 Å². The average molecular weight is 595 g/mol. The number of nitrogens with zero attached hydrogens (tertiary/aromatic N) is 7. The first-order chi connectivity index (χ1) is 18.3. The van der Waals surface area contributed by atoms with E-state index in [1.165, 1.54) is 43.1 Å². The third-order valence-electron chi connectivity index (χ3n) is 6.16. The number of nitrogens with one attached hydrogen (secondary N) is 1. The van der Waals surface area contributed by atoms with Gasteiger partial charge >= 0.3 is 0 Å². The molecule has 0 spiro atoms. The number of aryl methyl sites for hydroxylation is 1. The molecule has 39 heavy (non-hydrogen) atoms. The highest BCUT2D eigenvalue weighted by atomic mass is 32.2. The summed E-state index contributed by atoms with van der Waals surface area (Å²) < 4.78 is 81.9. The topological polar surface area (TPSA) is 173 Å². The Labute approximate surface area is 225 Å². The number of alkyl halides is 2. The molecule has 1 fully saturated rings. The maximum absolute atomic E-state index is 13.4. The summed E-state index contributed by atoms with van der Waals surface area (Å²) in [4.78, 5) is 7.79. The summed E-state index contributed by atoms with van der Waals surface area (Å²) in [5.41, 5.74) is -0.129. The second-order valence-electron chi connectivity index (χ2n) is 9.23. The molecular weight excluding hydrogens is 574 g/mol. The van der Waals surface area contributed by atoms with Crippen LogP contribution >= 0.6 is 11.3 Å². The number of hydrogen-bond donors (Lipinski definition) is 1. The molecule has 4 aromatic rings. The van der Waals surface area contributed by atoms with Gasteiger partial charge in [0, 0.05) is 36.0 Å². The molecule has 0 unspecified atom stereocenters. The Morgan fingerprint density at radius 2 is 1.79 bits per heavy atom. The number of aromatic nitrogens is 6. The van der Waals surface area contributed by atoms with Gasteiger partial charge in [-0.2, -0.15) is 15.1 Å². The predicted octanol–water partition coefficient (Wildman–Crippen LogP) is 3.00. The molecule has 0 atom stereocenters. The summed E-state index contributed by atoms with van der Waals surface area (Å²) in [6.07, 6.45) is 0.379. The van der Waals surface area contributed by atoms with Gasteiger partial charge < -0.3 is 0 Å². The van der Waals surface area contributed by atoms with Crippen LogP contribution in [0.5, 0.6) is 0 Å². The first kappa shape index (κ1) is 27.1. The van der Waals surface area contributed by atoms with Crippen molar-refractivity contribution in [3.8, 4) is 27.9 Å². The zero-order chi connectivity index (χ0) is 28.3. The fourth-order valence-corrected chi connectivity index (χ4v) is 6.78. The van der Waals surface area contributed by atoms with E-state index in [9.17, 15) is 30.9 Å². The van der Waals surface area contributed by atoms with Gasteiger partial charge in [-0.25, -0.2) is 35.6 Å². The van der Waals surface area contributed by atoms with Gasteiger partial charge in [0.15, 0.2) is 10.0 Å².